The van der Waals surface area contributed by atoms with E-state index in [1.54, 1.807) is 0 Å². The van der Waals surface area contributed by atoms with Crippen molar-refractivity contribution >= 4 is 11.6 Å². The third-order valence-corrected chi connectivity index (χ3v) is 3.42. The Balaban J connectivity index is 2.33. The van der Waals surface area contributed by atoms with Gasteiger partial charge in [0.25, 0.3) is 0 Å². The van der Waals surface area contributed by atoms with Gasteiger partial charge in [0.1, 0.15) is 23.3 Å². The summed E-state index contributed by atoms with van der Waals surface area (Å²) in [5.41, 5.74) is 0.0636. The van der Waals surface area contributed by atoms with E-state index in [2.05, 4.69) is 0 Å². The van der Waals surface area contributed by atoms with Crippen LogP contribution in [0.2, 0.25) is 0 Å². The minimum absolute atomic E-state index is 0.103. The molecule has 0 aliphatic rings. The molecular formula is C15H11ClF4. The molecule has 0 saturated heterocycles. The number of hydrogen-bond donors (Lipinski definition) is 0. The zero-order valence-corrected chi connectivity index (χ0v) is 11.3. The minimum atomic E-state index is -1.07. The molecule has 5 heteroatoms. The molecule has 0 spiro atoms. The molecule has 2 rings (SSSR count). The summed E-state index contributed by atoms with van der Waals surface area (Å²) in [6, 6.07) is 5.42. The first kappa shape index (κ1) is 14.9. The summed E-state index contributed by atoms with van der Waals surface area (Å²) in [6.07, 6.45) is -0.134. The van der Waals surface area contributed by atoms with Crippen LogP contribution in [-0.2, 0) is 6.42 Å². The Morgan fingerprint density at radius 3 is 2.35 bits per heavy atom. The van der Waals surface area contributed by atoms with Gasteiger partial charge in [-0.1, -0.05) is 12.1 Å². The van der Waals surface area contributed by atoms with E-state index in [0.29, 0.717) is 6.07 Å². The zero-order valence-electron chi connectivity index (χ0n) is 10.6. The van der Waals surface area contributed by atoms with Gasteiger partial charge in [-0.2, -0.15) is 0 Å². The number of hydrogen-bond acceptors (Lipinski definition) is 0. The van der Waals surface area contributed by atoms with E-state index in [1.807, 2.05) is 0 Å². The monoisotopic (exact) mass is 302 g/mol. The summed E-state index contributed by atoms with van der Waals surface area (Å²) in [5.74, 6) is -3.03. The lowest BCUT2D eigenvalue weighted by Crippen LogP contribution is -2.05. The van der Waals surface area contributed by atoms with Gasteiger partial charge in [0.2, 0.25) is 0 Å². The highest BCUT2D eigenvalue weighted by Gasteiger charge is 2.21. The SMILES string of the molecule is Cc1ccc(F)c(C(Cl)Cc2ccc(F)cc2F)c1F. The lowest BCUT2D eigenvalue weighted by atomic mass is 10.0. The van der Waals surface area contributed by atoms with Crippen LogP contribution in [0.5, 0.6) is 0 Å². The molecule has 0 bridgehead atoms. The number of rotatable bonds is 3. The zero-order chi connectivity index (χ0) is 14.9. The molecule has 0 N–H and O–H groups in total. The predicted octanol–water partition coefficient (Wildman–Crippen LogP) is 5.07. The second-order valence-corrected chi connectivity index (χ2v) is 5.03. The van der Waals surface area contributed by atoms with Crippen LogP contribution in [0.1, 0.15) is 22.1 Å². The molecule has 0 radical (unpaired) electrons. The topological polar surface area (TPSA) is 0 Å². The van der Waals surface area contributed by atoms with E-state index in [4.69, 9.17) is 11.6 Å². The maximum absolute atomic E-state index is 13.9. The summed E-state index contributed by atoms with van der Waals surface area (Å²) in [5, 5.41) is -1.07. The fourth-order valence-corrected chi connectivity index (χ4v) is 2.31. The molecule has 0 fully saturated rings. The van der Waals surface area contributed by atoms with Crippen LogP contribution >= 0.6 is 11.6 Å². The van der Waals surface area contributed by atoms with Gasteiger partial charge in [-0.05, 0) is 36.6 Å². The van der Waals surface area contributed by atoms with Crippen LogP contribution in [0, 0.1) is 30.2 Å². The van der Waals surface area contributed by atoms with Crippen molar-refractivity contribution in [3.63, 3.8) is 0 Å². The summed E-state index contributed by atoms with van der Waals surface area (Å²) >= 11 is 5.99. The number of aryl methyl sites for hydroxylation is 1. The van der Waals surface area contributed by atoms with Gasteiger partial charge in [0.15, 0.2) is 0 Å². The fourth-order valence-electron chi connectivity index (χ4n) is 1.95. The Labute approximate surface area is 119 Å². The lowest BCUT2D eigenvalue weighted by molar-refractivity contribution is 0.539. The van der Waals surface area contributed by atoms with Crippen molar-refractivity contribution in [2.75, 3.05) is 0 Å². The summed E-state index contributed by atoms with van der Waals surface area (Å²) < 4.78 is 53.9. The Kier molecular flexibility index (Phi) is 4.33. The fraction of sp³-hybridized carbons (Fsp3) is 0.200. The molecule has 106 valence electrons. The highest BCUT2D eigenvalue weighted by atomic mass is 35.5. The predicted molar refractivity (Wildman–Crippen MR) is 69.8 cm³/mol. The molecule has 0 nitrogen and oxygen atoms in total. The van der Waals surface area contributed by atoms with Gasteiger partial charge in [0.05, 0.1) is 5.38 Å². The highest BCUT2D eigenvalue weighted by Crippen LogP contribution is 2.31. The van der Waals surface area contributed by atoms with Crippen molar-refractivity contribution in [1.82, 2.24) is 0 Å². The van der Waals surface area contributed by atoms with Crippen LogP contribution in [0.4, 0.5) is 17.6 Å². The Morgan fingerprint density at radius 1 is 1.00 bits per heavy atom. The van der Waals surface area contributed by atoms with E-state index < -0.39 is 28.6 Å². The van der Waals surface area contributed by atoms with Gasteiger partial charge in [-0.3, -0.25) is 0 Å². The van der Waals surface area contributed by atoms with Gasteiger partial charge < -0.3 is 0 Å². The van der Waals surface area contributed by atoms with Crippen molar-refractivity contribution in [3.05, 3.63) is 70.3 Å². The first-order chi connectivity index (χ1) is 9.40. The van der Waals surface area contributed by atoms with Crippen molar-refractivity contribution in [3.8, 4) is 0 Å². The van der Waals surface area contributed by atoms with Crippen LogP contribution in [0.3, 0.4) is 0 Å². The maximum Gasteiger partial charge on any atom is 0.133 e. The summed E-state index contributed by atoms with van der Waals surface area (Å²) in [7, 11) is 0. The van der Waals surface area contributed by atoms with Crippen LogP contribution in [-0.4, -0.2) is 0 Å². The smallest absolute Gasteiger partial charge is 0.133 e. The van der Waals surface area contributed by atoms with Crippen LogP contribution < -0.4 is 0 Å². The average Bonchev–Trinajstić information content (AvgIpc) is 2.38. The number of alkyl halides is 1. The largest absolute Gasteiger partial charge is 0.207 e. The first-order valence-corrected chi connectivity index (χ1v) is 6.36. The molecule has 1 atom stereocenters. The molecule has 2 aromatic rings. The van der Waals surface area contributed by atoms with E-state index in [-0.39, 0.29) is 23.1 Å². The Bertz CT molecular complexity index is 640. The van der Waals surface area contributed by atoms with Crippen molar-refractivity contribution in [2.24, 2.45) is 0 Å². The second kappa shape index (κ2) is 5.83. The molecular weight excluding hydrogens is 292 g/mol. The van der Waals surface area contributed by atoms with Gasteiger partial charge in [0, 0.05) is 11.6 Å². The molecule has 2 aromatic carbocycles. The van der Waals surface area contributed by atoms with E-state index >= 15 is 0 Å². The normalized spacial score (nSPS) is 12.5. The second-order valence-electron chi connectivity index (χ2n) is 4.50. The lowest BCUT2D eigenvalue weighted by Gasteiger charge is -2.14. The van der Waals surface area contributed by atoms with Crippen molar-refractivity contribution in [1.29, 1.82) is 0 Å². The molecule has 0 aromatic heterocycles. The van der Waals surface area contributed by atoms with Gasteiger partial charge >= 0.3 is 0 Å². The average molecular weight is 303 g/mol. The first-order valence-electron chi connectivity index (χ1n) is 5.92. The molecule has 0 saturated carbocycles. The van der Waals surface area contributed by atoms with E-state index in [9.17, 15) is 17.6 Å². The summed E-state index contributed by atoms with van der Waals surface area (Å²) in [6.45, 7) is 1.49. The molecule has 1 unspecified atom stereocenters. The van der Waals surface area contributed by atoms with Crippen molar-refractivity contribution in [2.45, 2.75) is 18.7 Å². The minimum Gasteiger partial charge on any atom is -0.207 e. The number of benzene rings is 2. The Morgan fingerprint density at radius 2 is 1.70 bits per heavy atom. The summed E-state index contributed by atoms with van der Waals surface area (Å²) in [4.78, 5) is 0. The van der Waals surface area contributed by atoms with Gasteiger partial charge in [-0.15, -0.1) is 11.6 Å². The molecule has 0 amide bonds. The molecule has 20 heavy (non-hydrogen) atoms. The quantitative estimate of drug-likeness (QED) is 0.548. The van der Waals surface area contributed by atoms with Crippen molar-refractivity contribution < 1.29 is 17.6 Å². The maximum atomic E-state index is 13.9. The molecule has 0 aliphatic heterocycles. The van der Waals surface area contributed by atoms with E-state index in [0.717, 1.165) is 12.1 Å². The standard InChI is InChI=1S/C15H11ClF4/c1-8-2-5-12(18)14(15(8)20)11(16)6-9-3-4-10(17)7-13(9)19/h2-5,7,11H,6H2,1H3. The Hall–Kier alpha value is -1.55. The van der Waals surface area contributed by atoms with Gasteiger partial charge in [-0.25, -0.2) is 17.6 Å². The number of halogens is 5. The third kappa shape index (κ3) is 2.96. The van der Waals surface area contributed by atoms with E-state index in [1.165, 1.54) is 19.1 Å². The molecule has 0 aliphatic carbocycles. The molecule has 0 heterocycles. The van der Waals surface area contributed by atoms with Crippen LogP contribution in [0.25, 0.3) is 0 Å². The van der Waals surface area contributed by atoms with Crippen LogP contribution in [0.15, 0.2) is 30.3 Å². The highest BCUT2D eigenvalue weighted by molar-refractivity contribution is 6.21. The third-order valence-electron chi connectivity index (χ3n) is 3.05.